The highest BCUT2D eigenvalue weighted by molar-refractivity contribution is 5.81. The van der Waals surface area contributed by atoms with Crippen molar-refractivity contribution in [2.45, 2.75) is 38.3 Å². The van der Waals surface area contributed by atoms with Gasteiger partial charge in [0.2, 0.25) is 5.91 Å². The van der Waals surface area contributed by atoms with Crippen LogP contribution in [0.3, 0.4) is 0 Å². The molecule has 1 aliphatic rings. The van der Waals surface area contributed by atoms with E-state index in [9.17, 15) is 9.90 Å². The van der Waals surface area contributed by atoms with Crippen LogP contribution in [0, 0.1) is 6.92 Å². The predicted octanol–water partition coefficient (Wildman–Crippen LogP) is 3.07. The molecule has 1 atom stereocenters. The van der Waals surface area contributed by atoms with Crippen molar-refractivity contribution in [1.82, 2.24) is 14.9 Å². The van der Waals surface area contributed by atoms with Crippen LogP contribution in [0.1, 0.15) is 41.8 Å². The predicted molar refractivity (Wildman–Crippen MR) is 101 cm³/mol. The summed E-state index contributed by atoms with van der Waals surface area (Å²) in [4.78, 5) is 17.2. The molecule has 1 amide bonds. The lowest BCUT2D eigenvalue weighted by atomic mass is 10.0. The summed E-state index contributed by atoms with van der Waals surface area (Å²) in [6.45, 7) is 2.39. The Morgan fingerprint density at radius 3 is 2.73 bits per heavy atom. The maximum Gasteiger partial charge on any atom is 0.240 e. The number of hydrogen-bond donors (Lipinski definition) is 2. The Morgan fingerprint density at radius 1 is 1.23 bits per heavy atom. The summed E-state index contributed by atoms with van der Waals surface area (Å²) in [7, 11) is 0. The Morgan fingerprint density at radius 2 is 1.96 bits per heavy atom. The highest BCUT2D eigenvalue weighted by Crippen LogP contribution is 2.40. The molecule has 0 bridgehead atoms. The van der Waals surface area contributed by atoms with Gasteiger partial charge in [-0.3, -0.25) is 4.79 Å². The number of para-hydroxylation sites is 2. The second-order valence-corrected chi connectivity index (χ2v) is 7.00. The largest absolute Gasteiger partial charge is 0.387 e. The molecule has 1 fully saturated rings. The van der Waals surface area contributed by atoms with Crippen LogP contribution in [-0.4, -0.2) is 27.1 Å². The molecule has 3 aromatic rings. The van der Waals surface area contributed by atoms with E-state index in [-0.39, 0.29) is 19.0 Å². The Hall–Kier alpha value is -2.66. The second kappa shape index (κ2) is 6.92. The van der Waals surface area contributed by atoms with Gasteiger partial charge in [0.25, 0.3) is 0 Å². The van der Waals surface area contributed by atoms with Crippen molar-refractivity contribution in [3.63, 3.8) is 0 Å². The molecular formula is C21H23N3O2. The molecule has 26 heavy (non-hydrogen) atoms. The molecule has 1 heterocycles. The van der Waals surface area contributed by atoms with E-state index in [0.717, 1.165) is 40.8 Å². The zero-order chi connectivity index (χ0) is 18.1. The number of nitrogens with one attached hydrogen (secondary N) is 1. The van der Waals surface area contributed by atoms with Crippen LogP contribution in [-0.2, 0) is 11.3 Å². The first-order chi connectivity index (χ1) is 12.6. The van der Waals surface area contributed by atoms with Gasteiger partial charge in [0.05, 0.1) is 17.1 Å². The van der Waals surface area contributed by atoms with E-state index in [0.29, 0.717) is 5.92 Å². The van der Waals surface area contributed by atoms with E-state index in [1.807, 2.05) is 60.0 Å². The monoisotopic (exact) mass is 349 g/mol. The molecule has 0 saturated heterocycles. The number of rotatable bonds is 6. The lowest BCUT2D eigenvalue weighted by Crippen LogP contribution is -2.32. The first-order valence-electron chi connectivity index (χ1n) is 9.09. The number of aromatic nitrogens is 2. The molecule has 2 N–H and O–H groups in total. The van der Waals surface area contributed by atoms with E-state index < -0.39 is 6.10 Å². The smallest absolute Gasteiger partial charge is 0.240 e. The van der Waals surface area contributed by atoms with Crippen LogP contribution in [0.4, 0.5) is 0 Å². The Labute approximate surface area is 152 Å². The summed E-state index contributed by atoms with van der Waals surface area (Å²) in [5.74, 6) is 1.36. The topological polar surface area (TPSA) is 67.2 Å². The van der Waals surface area contributed by atoms with Gasteiger partial charge in [-0.25, -0.2) is 4.98 Å². The van der Waals surface area contributed by atoms with Crippen LogP contribution in [0.25, 0.3) is 11.0 Å². The fourth-order valence-corrected chi connectivity index (χ4v) is 3.39. The second-order valence-electron chi connectivity index (χ2n) is 7.00. The van der Waals surface area contributed by atoms with Crippen molar-refractivity contribution in [2.75, 3.05) is 6.54 Å². The standard InChI is InChI=1S/C21H23N3O2/c1-14-6-2-3-7-16(14)19(25)12-22-20(26)13-24-18-9-5-4-8-17(18)23-21(24)15-10-11-15/h2-9,15,19,25H,10-13H2,1H3,(H,22,26). The number of nitrogens with zero attached hydrogens (tertiary/aromatic N) is 2. The first kappa shape index (κ1) is 16.8. The maximum absolute atomic E-state index is 12.5. The lowest BCUT2D eigenvalue weighted by Gasteiger charge is -2.15. The lowest BCUT2D eigenvalue weighted by molar-refractivity contribution is -0.122. The minimum Gasteiger partial charge on any atom is -0.387 e. The van der Waals surface area contributed by atoms with E-state index in [4.69, 9.17) is 4.98 Å². The molecule has 4 rings (SSSR count). The normalized spacial score (nSPS) is 15.2. The molecule has 0 spiro atoms. The van der Waals surface area contributed by atoms with E-state index in [2.05, 4.69) is 5.32 Å². The number of amides is 1. The molecule has 2 aromatic carbocycles. The summed E-state index contributed by atoms with van der Waals surface area (Å²) in [5, 5.41) is 13.2. The Bertz CT molecular complexity index is 943. The number of aliphatic hydroxyl groups excluding tert-OH is 1. The van der Waals surface area contributed by atoms with Gasteiger partial charge in [-0.2, -0.15) is 0 Å². The van der Waals surface area contributed by atoms with Crippen molar-refractivity contribution in [3.8, 4) is 0 Å². The molecule has 5 nitrogen and oxygen atoms in total. The minimum atomic E-state index is -0.706. The van der Waals surface area contributed by atoms with Gasteiger partial charge in [-0.15, -0.1) is 0 Å². The average Bonchev–Trinajstić information content (AvgIpc) is 3.43. The molecule has 1 saturated carbocycles. The molecule has 0 aliphatic heterocycles. The van der Waals surface area contributed by atoms with Crippen molar-refractivity contribution in [3.05, 3.63) is 65.5 Å². The van der Waals surface area contributed by atoms with Crippen LogP contribution in [0.2, 0.25) is 0 Å². The van der Waals surface area contributed by atoms with Crippen LogP contribution < -0.4 is 5.32 Å². The first-order valence-corrected chi connectivity index (χ1v) is 9.09. The molecule has 1 aliphatic carbocycles. The summed E-state index contributed by atoms with van der Waals surface area (Å²) in [6, 6.07) is 15.6. The molecule has 5 heteroatoms. The van der Waals surface area contributed by atoms with Gasteiger partial charge in [-0.05, 0) is 43.0 Å². The summed E-state index contributed by atoms with van der Waals surface area (Å²) in [6.07, 6.45) is 1.57. The third-order valence-corrected chi connectivity index (χ3v) is 4.97. The number of aliphatic hydroxyl groups is 1. The fraction of sp³-hybridized carbons (Fsp3) is 0.333. The number of hydrogen-bond acceptors (Lipinski definition) is 3. The Kier molecular flexibility index (Phi) is 4.47. The summed E-state index contributed by atoms with van der Waals surface area (Å²) < 4.78 is 2.02. The number of aryl methyl sites for hydroxylation is 1. The zero-order valence-corrected chi connectivity index (χ0v) is 14.9. The van der Waals surface area contributed by atoms with Gasteiger partial charge < -0.3 is 15.0 Å². The van der Waals surface area contributed by atoms with Crippen LogP contribution in [0.15, 0.2) is 48.5 Å². The third kappa shape index (κ3) is 3.35. The fourth-order valence-electron chi connectivity index (χ4n) is 3.39. The van der Waals surface area contributed by atoms with Crippen molar-refractivity contribution >= 4 is 16.9 Å². The zero-order valence-electron chi connectivity index (χ0n) is 14.9. The van der Waals surface area contributed by atoms with E-state index in [1.54, 1.807) is 0 Å². The van der Waals surface area contributed by atoms with Gasteiger partial charge in [-0.1, -0.05) is 36.4 Å². The van der Waals surface area contributed by atoms with Gasteiger partial charge in [0, 0.05) is 12.5 Å². The SMILES string of the molecule is Cc1ccccc1C(O)CNC(=O)Cn1c(C2CC2)nc2ccccc21. The maximum atomic E-state index is 12.5. The highest BCUT2D eigenvalue weighted by Gasteiger charge is 2.30. The quantitative estimate of drug-likeness (QED) is 0.719. The number of fused-ring (bicyclic) bond motifs is 1. The average molecular weight is 349 g/mol. The van der Waals surface area contributed by atoms with E-state index >= 15 is 0 Å². The van der Waals surface area contributed by atoms with Gasteiger partial charge in [0.1, 0.15) is 12.4 Å². The van der Waals surface area contributed by atoms with Gasteiger partial charge in [0.15, 0.2) is 0 Å². The van der Waals surface area contributed by atoms with Crippen molar-refractivity contribution in [1.29, 1.82) is 0 Å². The van der Waals surface area contributed by atoms with Gasteiger partial charge >= 0.3 is 0 Å². The van der Waals surface area contributed by atoms with Crippen molar-refractivity contribution in [2.24, 2.45) is 0 Å². The molecule has 0 radical (unpaired) electrons. The highest BCUT2D eigenvalue weighted by atomic mass is 16.3. The number of imidazole rings is 1. The van der Waals surface area contributed by atoms with Crippen LogP contribution >= 0.6 is 0 Å². The molecule has 1 unspecified atom stereocenters. The summed E-state index contributed by atoms with van der Waals surface area (Å²) in [5.41, 5.74) is 3.79. The summed E-state index contributed by atoms with van der Waals surface area (Å²) >= 11 is 0. The molecular weight excluding hydrogens is 326 g/mol. The molecule has 134 valence electrons. The number of carbonyl (C=O) groups is 1. The van der Waals surface area contributed by atoms with E-state index in [1.165, 1.54) is 0 Å². The van der Waals surface area contributed by atoms with Crippen molar-refractivity contribution < 1.29 is 9.90 Å². The third-order valence-electron chi connectivity index (χ3n) is 4.97. The Balaban J connectivity index is 1.46. The van der Waals surface area contributed by atoms with Crippen LogP contribution in [0.5, 0.6) is 0 Å². The number of carbonyl (C=O) groups excluding carboxylic acids is 1. The minimum absolute atomic E-state index is 0.109. The molecule has 1 aromatic heterocycles. The number of benzene rings is 2.